The second-order valence-electron chi connectivity index (χ2n) is 3.77. The van der Waals surface area contributed by atoms with Gasteiger partial charge in [-0.25, -0.2) is 0 Å². The molecule has 3 heteroatoms. The summed E-state index contributed by atoms with van der Waals surface area (Å²) in [6.45, 7) is 3.07. The fourth-order valence-electron chi connectivity index (χ4n) is 1.96. The van der Waals surface area contributed by atoms with Crippen molar-refractivity contribution in [3.8, 4) is 0 Å². The van der Waals surface area contributed by atoms with Crippen LogP contribution in [-0.4, -0.2) is 18.6 Å². The van der Waals surface area contributed by atoms with Gasteiger partial charge in [-0.3, -0.25) is 0 Å². The van der Waals surface area contributed by atoms with E-state index in [2.05, 4.69) is 29.4 Å². The average Bonchev–Trinajstić information content (AvgIpc) is 2.53. The van der Waals surface area contributed by atoms with Crippen molar-refractivity contribution in [2.75, 3.05) is 13.6 Å². The normalized spacial score (nSPS) is 11.1. The molecule has 15 heavy (non-hydrogen) atoms. The first-order valence-electron chi connectivity index (χ1n) is 5.14. The third-order valence-corrected chi connectivity index (χ3v) is 3.03. The van der Waals surface area contributed by atoms with Crippen LogP contribution in [0.5, 0.6) is 0 Å². The van der Waals surface area contributed by atoms with E-state index in [1.165, 1.54) is 16.5 Å². The van der Waals surface area contributed by atoms with Gasteiger partial charge >= 0.3 is 0 Å². The monoisotopic (exact) mass is 222 g/mol. The lowest BCUT2D eigenvalue weighted by molar-refractivity contribution is 0.795. The molecule has 1 aromatic heterocycles. The number of fused-ring (bicyclic) bond motifs is 1. The van der Waals surface area contributed by atoms with Crippen LogP contribution in [0.4, 0.5) is 0 Å². The van der Waals surface area contributed by atoms with Gasteiger partial charge in [-0.2, -0.15) is 0 Å². The van der Waals surface area contributed by atoms with E-state index < -0.39 is 0 Å². The highest BCUT2D eigenvalue weighted by Crippen LogP contribution is 2.28. The third kappa shape index (κ3) is 1.87. The Morgan fingerprint density at radius 3 is 2.93 bits per heavy atom. The van der Waals surface area contributed by atoms with Crippen LogP contribution < -0.4 is 5.32 Å². The van der Waals surface area contributed by atoms with Crippen LogP contribution in [0.1, 0.15) is 11.1 Å². The standard InChI is InChI=1S/C12H15ClN2/c1-8-4-3-5-10-11(8)9(6-7-14-2)12(13)15-10/h3-5,14-15H,6-7H2,1-2H3. The molecule has 2 aromatic rings. The Hall–Kier alpha value is -0.990. The van der Waals surface area contributed by atoms with Crippen molar-refractivity contribution in [2.45, 2.75) is 13.3 Å². The Kier molecular flexibility index (Phi) is 2.98. The zero-order valence-corrected chi connectivity index (χ0v) is 9.78. The summed E-state index contributed by atoms with van der Waals surface area (Å²) in [5.41, 5.74) is 3.63. The van der Waals surface area contributed by atoms with Crippen LogP contribution in [0.3, 0.4) is 0 Å². The van der Waals surface area contributed by atoms with Gasteiger partial charge in [-0.1, -0.05) is 23.7 Å². The van der Waals surface area contributed by atoms with Crippen molar-refractivity contribution in [2.24, 2.45) is 0 Å². The Bertz CT molecular complexity index is 474. The number of aryl methyl sites for hydroxylation is 1. The van der Waals surface area contributed by atoms with Gasteiger partial charge < -0.3 is 10.3 Å². The van der Waals surface area contributed by atoms with Gasteiger partial charge in [-0.15, -0.1) is 0 Å². The first-order valence-corrected chi connectivity index (χ1v) is 5.52. The molecule has 0 aliphatic rings. The van der Waals surface area contributed by atoms with Crippen LogP contribution in [-0.2, 0) is 6.42 Å². The smallest absolute Gasteiger partial charge is 0.110 e. The van der Waals surface area contributed by atoms with Crippen molar-refractivity contribution in [1.82, 2.24) is 10.3 Å². The minimum absolute atomic E-state index is 0.773. The van der Waals surface area contributed by atoms with Crippen LogP contribution in [0.15, 0.2) is 18.2 Å². The number of likely N-dealkylation sites (N-methyl/N-ethyl adjacent to an activating group) is 1. The van der Waals surface area contributed by atoms with E-state index in [1.54, 1.807) is 0 Å². The third-order valence-electron chi connectivity index (χ3n) is 2.71. The van der Waals surface area contributed by atoms with Gasteiger partial charge in [0.2, 0.25) is 0 Å². The summed E-state index contributed by atoms with van der Waals surface area (Å²) in [6.07, 6.45) is 0.959. The zero-order valence-electron chi connectivity index (χ0n) is 9.02. The van der Waals surface area contributed by atoms with Crippen LogP contribution >= 0.6 is 11.6 Å². The highest BCUT2D eigenvalue weighted by atomic mass is 35.5. The van der Waals surface area contributed by atoms with Gasteiger partial charge in [0.05, 0.1) is 0 Å². The van der Waals surface area contributed by atoms with E-state index in [0.29, 0.717) is 0 Å². The van der Waals surface area contributed by atoms with Crippen molar-refractivity contribution < 1.29 is 0 Å². The summed E-state index contributed by atoms with van der Waals surface area (Å²) in [5, 5.41) is 5.19. The number of hydrogen-bond donors (Lipinski definition) is 2. The Labute approximate surface area is 94.6 Å². The maximum absolute atomic E-state index is 6.19. The predicted molar refractivity (Wildman–Crippen MR) is 65.7 cm³/mol. The Morgan fingerprint density at radius 2 is 2.20 bits per heavy atom. The number of aromatic nitrogens is 1. The lowest BCUT2D eigenvalue weighted by atomic mass is 10.1. The van der Waals surface area contributed by atoms with Crippen LogP contribution in [0.2, 0.25) is 5.15 Å². The second kappa shape index (κ2) is 4.25. The summed E-state index contributed by atoms with van der Waals surface area (Å²) in [5.74, 6) is 0. The highest BCUT2D eigenvalue weighted by molar-refractivity contribution is 6.31. The average molecular weight is 223 g/mol. The fourth-order valence-corrected chi connectivity index (χ4v) is 2.25. The summed E-state index contributed by atoms with van der Waals surface area (Å²) in [7, 11) is 1.95. The van der Waals surface area contributed by atoms with E-state index in [4.69, 9.17) is 11.6 Å². The molecule has 0 saturated carbocycles. The maximum atomic E-state index is 6.19. The molecule has 2 N–H and O–H groups in total. The first kappa shape index (κ1) is 10.5. The molecule has 0 saturated heterocycles. The zero-order chi connectivity index (χ0) is 10.8. The molecule has 0 amide bonds. The maximum Gasteiger partial charge on any atom is 0.110 e. The number of nitrogens with one attached hydrogen (secondary N) is 2. The van der Waals surface area contributed by atoms with Crippen LogP contribution in [0, 0.1) is 6.92 Å². The highest BCUT2D eigenvalue weighted by Gasteiger charge is 2.10. The van der Waals surface area contributed by atoms with E-state index >= 15 is 0 Å². The van der Waals surface area contributed by atoms with E-state index in [1.807, 2.05) is 13.1 Å². The summed E-state index contributed by atoms with van der Waals surface area (Å²) in [4.78, 5) is 3.21. The lowest BCUT2D eigenvalue weighted by Gasteiger charge is -2.02. The summed E-state index contributed by atoms with van der Waals surface area (Å²) < 4.78 is 0. The van der Waals surface area contributed by atoms with Gasteiger partial charge in [0.1, 0.15) is 5.15 Å². The minimum Gasteiger partial charge on any atom is -0.345 e. The molecular weight excluding hydrogens is 208 g/mol. The molecular formula is C12H15ClN2. The Morgan fingerprint density at radius 1 is 1.40 bits per heavy atom. The van der Waals surface area contributed by atoms with E-state index in [9.17, 15) is 0 Å². The SMILES string of the molecule is CNCCc1c(Cl)[nH]c2cccc(C)c12. The molecule has 0 radical (unpaired) electrons. The quantitative estimate of drug-likeness (QED) is 0.821. The molecule has 0 atom stereocenters. The predicted octanol–water partition coefficient (Wildman–Crippen LogP) is 2.89. The molecule has 1 aromatic carbocycles. The first-order chi connectivity index (χ1) is 7.24. The van der Waals surface area contributed by atoms with Gasteiger partial charge in [-0.05, 0) is 44.1 Å². The van der Waals surface area contributed by atoms with Crippen LogP contribution in [0.25, 0.3) is 10.9 Å². The number of halogens is 1. The number of rotatable bonds is 3. The van der Waals surface area contributed by atoms with E-state index in [-0.39, 0.29) is 0 Å². The van der Waals surface area contributed by atoms with Gasteiger partial charge in [0, 0.05) is 10.9 Å². The lowest BCUT2D eigenvalue weighted by Crippen LogP contribution is -2.10. The molecule has 0 aliphatic carbocycles. The molecule has 0 bridgehead atoms. The molecule has 0 unspecified atom stereocenters. The molecule has 2 rings (SSSR count). The topological polar surface area (TPSA) is 27.8 Å². The number of hydrogen-bond acceptors (Lipinski definition) is 1. The molecule has 80 valence electrons. The molecule has 0 aliphatic heterocycles. The van der Waals surface area contributed by atoms with Gasteiger partial charge in [0.25, 0.3) is 0 Å². The Balaban J connectivity index is 2.55. The number of aromatic amines is 1. The van der Waals surface area contributed by atoms with Crippen molar-refractivity contribution >= 4 is 22.5 Å². The second-order valence-corrected chi connectivity index (χ2v) is 4.15. The molecule has 0 spiro atoms. The molecule has 2 nitrogen and oxygen atoms in total. The molecule has 1 heterocycles. The minimum atomic E-state index is 0.773. The summed E-state index contributed by atoms with van der Waals surface area (Å²) >= 11 is 6.19. The number of benzene rings is 1. The van der Waals surface area contributed by atoms with Crippen molar-refractivity contribution in [3.63, 3.8) is 0 Å². The largest absolute Gasteiger partial charge is 0.345 e. The van der Waals surface area contributed by atoms with Crippen molar-refractivity contribution in [3.05, 3.63) is 34.5 Å². The summed E-state index contributed by atoms with van der Waals surface area (Å²) in [6, 6.07) is 6.23. The van der Waals surface area contributed by atoms with Crippen molar-refractivity contribution in [1.29, 1.82) is 0 Å². The van der Waals surface area contributed by atoms with E-state index in [0.717, 1.165) is 23.6 Å². The number of H-pyrrole nitrogens is 1. The van der Waals surface area contributed by atoms with Gasteiger partial charge in [0.15, 0.2) is 0 Å². The fraction of sp³-hybridized carbons (Fsp3) is 0.333. The molecule has 0 fully saturated rings.